The van der Waals surface area contributed by atoms with Crippen LogP contribution in [0.4, 0.5) is 0 Å². The molecule has 1 atom stereocenters. The molecule has 0 amide bonds. The van der Waals surface area contributed by atoms with E-state index >= 15 is 0 Å². The molecule has 130 valence electrons. The Kier molecular flexibility index (Phi) is 4.30. The van der Waals surface area contributed by atoms with E-state index in [0.717, 1.165) is 0 Å². The second-order valence-electron chi connectivity index (χ2n) is 7.32. The molecule has 0 aliphatic rings. The minimum absolute atomic E-state index is 0.220. The van der Waals surface area contributed by atoms with Gasteiger partial charge in [-0.3, -0.25) is 5.10 Å². The fraction of sp³-hybridized carbons (Fsp3) is 0.316. The zero-order chi connectivity index (χ0) is 18.1. The predicted octanol–water partition coefficient (Wildman–Crippen LogP) is 3.19. The number of benzene rings is 2. The highest BCUT2D eigenvalue weighted by Gasteiger charge is 2.43. The van der Waals surface area contributed by atoms with Crippen LogP contribution in [0.2, 0.25) is 0 Å². The van der Waals surface area contributed by atoms with Crippen molar-refractivity contribution in [3.63, 3.8) is 0 Å². The molecule has 0 fully saturated rings. The number of fused-ring (bicyclic) bond motifs is 1. The van der Waals surface area contributed by atoms with Gasteiger partial charge >= 0.3 is 5.97 Å². The Morgan fingerprint density at radius 2 is 1.84 bits per heavy atom. The van der Waals surface area contributed by atoms with E-state index in [0.29, 0.717) is 16.6 Å². The van der Waals surface area contributed by atoms with Gasteiger partial charge in [0, 0.05) is 0 Å². The van der Waals surface area contributed by atoms with E-state index in [1.165, 1.54) is 0 Å². The number of aromatic nitrogens is 3. The Morgan fingerprint density at radius 3 is 2.52 bits per heavy atom. The lowest BCUT2D eigenvalue weighted by molar-refractivity contribution is -0.160. The lowest BCUT2D eigenvalue weighted by Gasteiger charge is -2.32. The number of ether oxygens (including phenoxy) is 1. The van der Waals surface area contributed by atoms with Gasteiger partial charge in [0.2, 0.25) is 0 Å². The number of nitrogens with zero attached hydrogens (tertiary/aromatic N) is 2. The first-order chi connectivity index (χ1) is 11.8. The molecule has 0 aliphatic heterocycles. The summed E-state index contributed by atoms with van der Waals surface area (Å²) in [5.41, 5.74) is -0.441. The Hall–Kier alpha value is -2.73. The predicted molar refractivity (Wildman–Crippen MR) is 93.9 cm³/mol. The van der Waals surface area contributed by atoms with Crippen molar-refractivity contribution in [2.75, 3.05) is 0 Å². The number of esters is 1. The van der Waals surface area contributed by atoms with Crippen molar-refractivity contribution >= 4 is 17.0 Å². The fourth-order valence-corrected chi connectivity index (χ4v) is 2.88. The maximum atomic E-state index is 12.9. The SMILES string of the molecule is CC(C)(C)CC(O)(C(=O)Oc1cccc2[nH]nnc12)c1ccccc1. The summed E-state index contributed by atoms with van der Waals surface area (Å²) < 4.78 is 5.54. The highest BCUT2D eigenvalue weighted by Crippen LogP contribution is 2.36. The summed E-state index contributed by atoms with van der Waals surface area (Å²) in [5, 5.41) is 21.6. The molecule has 6 nitrogen and oxygen atoms in total. The number of nitrogens with one attached hydrogen (secondary N) is 1. The summed E-state index contributed by atoms with van der Waals surface area (Å²) in [6.07, 6.45) is 0.220. The number of carbonyl (C=O) groups excluding carboxylic acids is 1. The number of aliphatic hydroxyl groups is 1. The van der Waals surface area contributed by atoms with Crippen molar-refractivity contribution in [2.45, 2.75) is 32.8 Å². The van der Waals surface area contributed by atoms with Crippen molar-refractivity contribution in [1.29, 1.82) is 0 Å². The van der Waals surface area contributed by atoms with Crippen LogP contribution in [0.3, 0.4) is 0 Å². The largest absolute Gasteiger partial charge is 0.422 e. The maximum absolute atomic E-state index is 12.9. The minimum Gasteiger partial charge on any atom is -0.422 e. The molecule has 1 heterocycles. The maximum Gasteiger partial charge on any atom is 0.348 e. The molecule has 1 unspecified atom stereocenters. The van der Waals surface area contributed by atoms with Gasteiger partial charge in [-0.25, -0.2) is 4.79 Å². The third-order valence-electron chi connectivity index (χ3n) is 3.90. The van der Waals surface area contributed by atoms with Crippen LogP contribution in [0.5, 0.6) is 5.75 Å². The van der Waals surface area contributed by atoms with E-state index in [4.69, 9.17) is 4.74 Å². The van der Waals surface area contributed by atoms with Crippen LogP contribution in [0.25, 0.3) is 11.0 Å². The van der Waals surface area contributed by atoms with Gasteiger partial charge in [0.25, 0.3) is 0 Å². The standard InChI is InChI=1S/C19H21N3O3/c1-18(2,3)12-19(24,13-8-5-4-6-9-13)17(23)25-15-11-7-10-14-16(15)21-22-20-14/h4-11,24H,12H2,1-3H3,(H,20,21,22). The van der Waals surface area contributed by atoms with Crippen LogP contribution in [0.1, 0.15) is 32.8 Å². The molecule has 0 saturated heterocycles. The lowest BCUT2D eigenvalue weighted by atomic mass is 9.78. The summed E-state index contributed by atoms with van der Waals surface area (Å²) in [4.78, 5) is 12.9. The summed E-state index contributed by atoms with van der Waals surface area (Å²) in [7, 11) is 0. The van der Waals surface area contributed by atoms with Gasteiger partial charge in [-0.15, -0.1) is 5.10 Å². The minimum atomic E-state index is -1.76. The second-order valence-corrected chi connectivity index (χ2v) is 7.32. The summed E-state index contributed by atoms with van der Waals surface area (Å²) >= 11 is 0. The van der Waals surface area contributed by atoms with Gasteiger partial charge < -0.3 is 9.84 Å². The van der Waals surface area contributed by atoms with E-state index in [1.54, 1.807) is 42.5 Å². The second kappa shape index (κ2) is 6.29. The summed E-state index contributed by atoms with van der Waals surface area (Å²) in [6, 6.07) is 14.0. The molecule has 1 aromatic heterocycles. The molecule has 2 N–H and O–H groups in total. The first-order valence-electron chi connectivity index (χ1n) is 8.10. The molecule has 0 spiro atoms. The first kappa shape index (κ1) is 17.1. The molecule has 6 heteroatoms. The Labute approximate surface area is 145 Å². The molecule has 0 saturated carbocycles. The van der Waals surface area contributed by atoms with Gasteiger partial charge in [-0.05, 0) is 29.5 Å². The fourth-order valence-electron chi connectivity index (χ4n) is 2.88. The average molecular weight is 339 g/mol. The quantitative estimate of drug-likeness (QED) is 0.563. The molecule has 0 aliphatic carbocycles. The molecule has 2 aromatic carbocycles. The zero-order valence-electron chi connectivity index (χ0n) is 14.5. The van der Waals surface area contributed by atoms with E-state index in [-0.39, 0.29) is 17.6 Å². The van der Waals surface area contributed by atoms with Crippen LogP contribution in [0.15, 0.2) is 48.5 Å². The van der Waals surface area contributed by atoms with Crippen molar-refractivity contribution < 1.29 is 14.6 Å². The van der Waals surface area contributed by atoms with Gasteiger partial charge in [0.05, 0.1) is 5.52 Å². The van der Waals surface area contributed by atoms with Crippen molar-refractivity contribution in [2.24, 2.45) is 5.41 Å². The normalized spacial score (nSPS) is 14.2. The number of carbonyl (C=O) groups is 1. The van der Waals surface area contributed by atoms with E-state index in [1.807, 2.05) is 26.8 Å². The molecule has 25 heavy (non-hydrogen) atoms. The van der Waals surface area contributed by atoms with Gasteiger partial charge in [0.15, 0.2) is 16.9 Å². The van der Waals surface area contributed by atoms with Crippen LogP contribution < -0.4 is 4.74 Å². The molecular formula is C19H21N3O3. The molecule has 0 radical (unpaired) electrons. The van der Waals surface area contributed by atoms with Gasteiger partial charge in [-0.1, -0.05) is 62.4 Å². The Morgan fingerprint density at radius 1 is 1.12 bits per heavy atom. The summed E-state index contributed by atoms with van der Waals surface area (Å²) in [5.74, 6) is -0.469. The van der Waals surface area contributed by atoms with Crippen molar-refractivity contribution in [1.82, 2.24) is 15.4 Å². The highest BCUT2D eigenvalue weighted by atomic mass is 16.6. The van der Waals surface area contributed by atoms with Crippen molar-refractivity contribution in [3.8, 4) is 5.75 Å². The van der Waals surface area contributed by atoms with Gasteiger partial charge in [-0.2, -0.15) is 0 Å². The van der Waals surface area contributed by atoms with E-state index in [9.17, 15) is 9.90 Å². The number of hydrogen-bond donors (Lipinski definition) is 2. The number of rotatable bonds is 4. The molecule has 3 aromatic rings. The van der Waals surface area contributed by atoms with Crippen molar-refractivity contribution in [3.05, 3.63) is 54.1 Å². The molecule has 3 rings (SSSR count). The summed E-state index contributed by atoms with van der Waals surface area (Å²) in [6.45, 7) is 5.89. The zero-order valence-corrected chi connectivity index (χ0v) is 14.5. The van der Waals surface area contributed by atoms with Crippen LogP contribution in [-0.2, 0) is 10.4 Å². The third-order valence-corrected chi connectivity index (χ3v) is 3.90. The highest BCUT2D eigenvalue weighted by molar-refractivity contribution is 5.88. The van der Waals surface area contributed by atoms with E-state index in [2.05, 4.69) is 15.4 Å². The van der Waals surface area contributed by atoms with E-state index < -0.39 is 11.6 Å². The number of H-pyrrole nitrogens is 1. The van der Waals surface area contributed by atoms with Gasteiger partial charge in [0.1, 0.15) is 0 Å². The lowest BCUT2D eigenvalue weighted by Crippen LogP contribution is -2.42. The Balaban J connectivity index is 1.98. The van der Waals surface area contributed by atoms with Crippen LogP contribution in [-0.4, -0.2) is 26.5 Å². The monoisotopic (exact) mass is 339 g/mol. The van der Waals surface area contributed by atoms with Crippen LogP contribution >= 0.6 is 0 Å². The average Bonchev–Trinajstić information content (AvgIpc) is 3.03. The third kappa shape index (κ3) is 3.53. The smallest absolute Gasteiger partial charge is 0.348 e. The topological polar surface area (TPSA) is 88.1 Å². The molecule has 0 bridgehead atoms. The first-order valence-corrected chi connectivity index (χ1v) is 8.10. The molecular weight excluding hydrogens is 318 g/mol. The van der Waals surface area contributed by atoms with Crippen LogP contribution in [0, 0.1) is 5.41 Å². The number of aromatic amines is 1. The Bertz CT molecular complexity index is 884. The number of hydrogen-bond acceptors (Lipinski definition) is 5.